The molecule has 0 aliphatic carbocycles. The lowest BCUT2D eigenvalue weighted by molar-refractivity contribution is 0.409. The van der Waals surface area contributed by atoms with E-state index in [0.29, 0.717) is 0 Å². The third-order valence-corrected chi connectivity index (χ3v) is 11.3. The number of nitrogens with zero attached hydrogens (tertiary/aromatic N) is 2. The Kier molecular flexibility index (Phi) is 10.2. The van der Waals surface area contributed by atoms with Crippen molar-refractivity contribution in [3.8, 4) is 55.8 Å². The van der Waals surface area contributed by atoms with Gasteiger partial charge in [0.2, 0.25) is 0 Å². The van der Waals surface area contributed by atoms with Crippen molar-refractivity contribution in [2.45, 2.75) is 18.4 Å². The minimum atomic E-state index is -0.290. The fourth-order valence-electron chi connectivity index (χ4n) is 8.10. The number of amidine groups is 1. The average molecular weight is 774 g/mol. The average Bonchev–Trinajstić information content (AvgIpc) is 3.35. The lowest BCUT2D eigenvalue weighted by Crippen LogP contribution is -2.45. The van der Waals surface area contributed by atoms with E-state index < -0.39 is 0 Å². The van der Waals surface area contributed by atoms with Gasteiger partial charge in [-0.2, -0.15) is 0 Å². The maximum Gasteiger partial charge on any atom is 0.131 e. The maximum absolute atomic E-state index is 5.41. The van der Waals surface area contributed by atoms with Crippen molar-refractivity contribution < 1.29 is 0 Å². The summed E-state index contributed by atoms with van der Waals surface area (Å²) >= 11 is 0. The quantitative estimate of drug-likeness (QED) is 0.137. The van der Waals surface area contributed by atoms with Crippen LogP contribution in [-0.2, 0) is 0 Å². The molecule has 10 rings (SSSR count). The van der Waals surface area contributed by atoms with Gasteiger partial charge in [0.05, 0.1) is 11.7 Å². The number of aromatic nitrogens is 1. The van der Waals surface area contributed by atoms with E-state index >= 15 is 0 Å². The Bertz CT molecular complexity index is 2820. The van der Waals surface area contributed by atoms with Crippen molar-refractivity contribution in [3.63, 3.8) is 0 Å². The number of nitrogens with one attached hydrogen (secondary N) is 3. The summed E-state index contributed by atoms with van der Waals surface area (Å²) in [6.07, 6.45) is 9.58. The monoisotopic (exact) mass is 773 g/mol. The fourth-order valence-corrected chi connectivity index (χ4v) is 8.10. The molecule has 0 radical (unpaired) electrons. The standard InChI is InChI=1S/C55H43N5/c1-4-14-38(15-5-1)45-32-47(40-22-26-42(27-23-40)51-20-10-12-30-56-51)36-49(34-45)54-58-53(44-18-8-3-9-19-44)59-55(60-54)50-35-46(39-16-6-2-7-17-39)33-48(37-50)41-24-28-43(29-25-41)52-21-11-13-31-57-52/h1-37,51,53,55-56,59H,(H,58,60). The van der Waals surface area contributed by atoms with E-state index in [4.69, 9.17) is 4.99 Å². The summed E-state index contributed by atoms with van der Waals surface area (Å²) in [7, 11) is 0. The number of rotatable bonds is 9. The molecule has 0 spiro atoms. The van der Waals surface area contributed by atoms with E-state index in [1.54, 1.807) is 0 Å². The molecule has 0 amide bonds. The molecular weight excluding hydrogens is 731 g/mol. The number of pyridine rings is 1. The number of hydrogen-bond acceptors (Lipinski definition) is 5. The van der Waals surface area contributed by atoms with Crippen LogP contribution in [0.5, 0.6) is 0 Å². The van der Waals surface area contributed by atoms with Crippen LogP contribution in [-0.4, -0.2) is 10.8 Å². The second-order valence-electron chi connectivity index (χ2n) is 15.2. The Balaban J connectivity index is 1.07. The molecule has 0 fully saturated rings. The van der Waals surface area contributed by atoms with Crippen molar-refractivity contribution in [2.75, 3.05) is 0 Å². The van der Waals surface area contributed by atoms with Crippen molar-refractivity contribution >= 4 is 5.84 Å². The normalized spacial score (nSPS) is 17.0. The summed E-state index contributed by atoms with van der Waals surface area (Å²) in [4.78, 5) is 9.99. The Morgan fingerprint density at radius 2 is 0.933 bits per heavy atom. The molecule has 288 valence electrons. The number of allylic oxidation sites excluding steroid dienone is 2. The number of aliphatic imine (C=N–C) groups is 1. The van der Waals surface area contributed by atoms with Gasteiger partial charge in [-0.05, 0) is 122 Å². The van der Waals surface area contributed by atoms with E-state index in [1.807, 2.05) is 36.7 Å². The van der Waals surface area contributed by atoms with Gasteiger partial charge in [-0.25, -0.2) is 4.99 Å². The maximum atomic E-state index is 5.41. The zero-order chi connectivity index (χ0) is 40.1. The van der Waals surface area contributed by atoms with Gasteiger partial charge >= 0.3 is 0 Å². The molecule has 2 aliphatic rings. The van der Waals surface area contributed by atoms with Gasteiger partial charge in [-0.3, -0.25) is 10.3 Å². The summed E-state index contributed by atoms with van der Waals surface area (Å²) in [6, 6.07) is 69.2. The van der Waals surface area contributed by atoms with Crippen molar-refractivity contribution in [1.82, 2.24) is 20.9 Å². The minimum absolute atomic E-state index is 0.155. The predicted octanol–water partition coefficient (Wildman–Crippen LogP) is 12.5. The zero-order valence-corrected chi connectivity index (χ0v) is 33.0. The largest absolute Gasteiger partial charge is 0.381 e. The molecule has 7 aromatic carbocycles. The highest BCUT2D eigenvalue weighted by atomic mass is 15.3. The van der Waals surface area contributed by atoms with Crippen molar-refractivity contribution in [2.24, 2.45) is 4.99 Å². The van der Waals surface area contributed by atoms with Crippen LogP contribution < -0.4 is 16.0 Å². The molecule has 5 nitrogen and oxygen atoms in total. The molecule has 0 saturated heterocycles. The molecule has 2 aliphatic heterocycles. The number of hydrogen-bond donors (Lipinski definition) is 3. The van der Waals surface area contributed by atoms with Crippen LogP contribution in [0.4, 0.5) is 0 Å². The molecule has 1 aromatic heterocycles. The van der Waals surface area contributed by atoms with E-state index in [2.05, 4.69) is 209 Å². The Hall–Kier alpha value is -7.60. The molecule has 60 heavy (non-hydrogen) atoms. The van der Waals surface area contributed by atoms with Crippen LogP contribution in [0.3, 0.4) is 0 Å². The molecule has 0 saturated carbocycles. The summed E-state index contributed by atoms with van der Waals surface area (Å²) in [5.41, 5.74) is 15.6. The summed E-state index contributed by atoms with van der Waals surface area (Å²) in [5, 5.41) is 11.2. The highest BCUT2D eigenvalue weighted by Gasteiger charge is 2.27. The summed E-state index contributed by atoms with van der Waals surface area (Å²) in [5.74, 6) is 0.831. The van der Waals surface area contributed by atoms with Gasteiger partial charge in [-0.1, -0.05) is 158 Å². The van der Waals surface area contributed by atoms with Gasteiger partial charge < -0.3 is 10.6 Å². The van der Waals surface area contributed by atoms with E-state index in [1.165, 1.54) is 5.56 Å². The smallest absolute Gasteiger partial charge is 0.131 e. The molecule has 3 unspecified atom stereocenters. The topological polar surface area (TPSA) is 61.3 Å². The van der Waals surface area contributed by atoms with Crippen LogP contribution in [0.1, 0.15) is 40.6 Å². The van der Waals surface area contributed by atoms with E-state index in [0.717, 1.165) is 78.3 Å². The third kappa shape index (κ3) is 7.95. The summed E-state index contributed by atoms with van der Waals surface area (Å²) < 4.78 is 0. The summed E-state index contributed by atoms with van der Waals surface area (Å²) in [6.45, 7) is 0. The van der Waals surface area contributed by atoms with E-state index in [9.17, 15) is 0 Å². The second-order valence-corrected chi connectivity index (χ2v) is 15.2. The molecule has 3 N–H and O–H groups in total. The Morgan fingerprint density at radius 1 is 0.400 bits per heavy atom. The van der Waals surface area contributed by atoms with Crippen LogP contribution >= 0.6 is 0 Å². The Morgan fingerprint density at radius 3 is 1.52 bits per heavy atom. The zero-order valence-electron chi connectivity index (χ0n) is 33.0. The first-order valence-electron chi connectivity index (χ1n) is 20.5. The molecular formula is C55H43N5. The van der Waals surface area contributed by atoms with Gasteiger partial charge in [0.15, 0.2) is 0 Å². The van der Waals surface area contributed by atoms with Crippen LogP contribution in [0.15, 0.2) is 230 Å². The number of dihydropyridines is 1. The van der Waals surface area contributed by atoms with Gasteiger partial charge in [0, 0.05) is 17.3 Å². The predicted molar refractivity (Wildman–Crippen MR) is 247 cm³/mol. The molecule has 3 heterocycles. The number of benzene rings is 7. The van der Waals surface area contributed by atoms with Crippen molar-refractivity contribution in [3.05, 3.63) is 247 Å². The third-order valence-electron chi connectivity index (χ3n) is 11.3. The molecule has 3 atom stereocenters. The van der Waals surface area contributed by atoms with Crippen LogP contribution in [0.25, 0.3) is 55.8 Å². The first-order valence-corrected chi connectivity index (χ1v) is 20.5. The first kappa shape index (κ1) is 36.7. The SMILES string of the molecule is C1=CNC(c2ccc(-c3cc(C4=NC(c5ccccc5)NC(c5cc(-c6ccccc6)cc(-c6ccc(-c7ccccn7)cc6)c5)N4)cc(-c4ccccc4)c3)cc2)C=C1. The highest BCUT2D eigenvalue weighted by molar-refractivity contribution is 6.02. The molecule has 5 heteroatoms. The second kappa shape index (κ2) is 16.7. The van der Waals surface area contributed by atoms with Gasteiger partial charge in [-0.15, -0.1) is 0 Å². The fraction of sp³-hybridized carbons (Fsp3) is 0.0545. The van der Waals surface area contributed by atoms with Gasteiger partial charge in [0.1, 0.15) is 18.2 Å². The Labute approximate surface area is 351 Å². The molecule has 8 aromatic rings. The van der Waals surface area contributed by atoms with Crippen molar-refractivity contribution in [1.29, 1.82) is 0 Å². The molecule has 0 bridgehead atoms. The first-order chi connectivity index (χ1) is 29.7. The highest BCUT2D eigenvalue weighted by Crippen LogP contribution is 2.35. The van der Waals surface area contributed by atoms with Crippen LogP contribution in [0.2, 0.25) is 0 Å². The van der Waals surface area contributed by atoms with Gasteiger partial charge in [0.25, 0.3) is 0 Å². The van der Waals surface area contributed by atoms with Crippen LogP contribution in [0, 0.1) is 0 Å². The lowest BCUT2D eigenvalue weighted by Gasteiger charge is -2.33. The lowest BCUT2D eigenvalue weighted by atomic mass is 9.93. The minimum Gasteiger partial charge on any atom is -0.381 e. The van der Waals surface area contributed by atoms with E-state index in [-0.39, 0.29) is 18.4 Å².